The molecule has 5 heteroatoms. The Morgan fingerprint density at radius 2 is 1.90 bits per heavy atom. The maximum Gasteiger partial charge on any atom is 0.132 e. The molecule has 0 aliphatic heterocycles. The van der Waals surface area contributed by atoms with Crippen LogP contribution in [0.5, 0.6) is 0 Å². The molecule has 114 valence electrons. The van der Waals surface area contributed by atoms with Gasteiger partial charge in [0.2, 0.25) is 0 Å². The van der Waals surface area contributed by atoms with Gasteiger partial charge in [0, 0.05) is 21.5 Å². The predicted octanol–water partition coefficient (Wildman–Crippen LogP) is 5.43. The van der Waals surface area contributed by atoms with Crippen LogP contribution in [0.3, 0.4) is 0 Å². The summed E-state index contributed by atoms with van der Waals surface area (Å²) in [4.78, 5) is 4.77. The Bertz CT molecular complexity index is 669. The molecule has 0 unspecified atom stereocenters. The van der Waals surface area contributed by atoms with Crippen LogP contribution in [-0.4, -0.2) is 9.55 Å². The quantitative estimate of drug-likeness (QED) is 0.766. The van der Waals surface area contributed by atoms with E-state index in [0.717, 1.165) is 21.6 Å². The van der Waals surface area contributed by atoms with Crippen LogP contribution < -0.4 is 5.73 Å². The standard InChI is InChI=1S/C16H21BrClN3/c1-9(2)15-20-13(14(19)21(15)16(3,4)5)11-7-6-10(17)8-12(11)18/h6-9H,19H2,1-5H3. The second kappa shape index (κ2) is 5.65. The van der Waals surface area contributed by atoms with E-state index in [0.29, 0.717) is 10.8 Å². The second-order valence-electron chi connectivity index (χ2n) is 6.49. The van der Waals surface area contributed by atoms with E-state index in [4.69, 9.17) is 22.3 Å². The predicted molar refractivity (Wildman–Crippen MR) is 93.9 cm³/mol. The van der Waals surface area contributed by atoms with Gasteiger partial charge in [0.15, 0.2) is 0 Å². The van der Waals surface area contributed by atoms with E-state index in [1.54, 1.807) is 0 Å². The molecule has 1 heterocycles. The molecule has 0 aliphatic rings. The Hall–Kier alpha value is -1.00. The molecule has 3 nitrogen and oxygen atoms in total. The number of nitrogen functional groups attached to an aromatic ring is 1. The van der Waals surface area contributed by atoms with Crippen molar-refractivity contribution in [3.8, 4) is 11.3 Å². The Labute approximate surface area is 139 Å². The molecule has 0 aliphatic carbocycles. The highest BCUT2D eigenvalue weighted by atomic mass is 79.9. The lowest BCUT2D eigenvalue weighted by Crippen LogP contribution is -2.26. The molecule has 1 aromatic carbocycles. The van der Waals surface area contributed by atoms with Crippen LogP contribution in [0.25, 0.3) is 11.3 Å². The summed E-state index contributed by atoms with van der Waals surface area (Å²) in [7, 11) is 0. The first-order chi connectivity index (χ1) is 9.62. The van der Waals surface area contributed by atoms with Gasteiger partial charge in [-0.3, -0.25) is 0 Å². The van der Waals surface area contributed by atoms with Crippen LogP contribution >= 0.6 is 27.5 Å². The van der Waals surface area contributed by atoms with Crippen LogP contribution in [0.15, 0.2) is 22.7 Å². The average Bonchev–Trinajstić information content (AvgIpc) is 2.67. The van der Waals surface area contributed by atoms with Gasteiger partial charge in [0.25, 0.3) is 0 Å². The van der Waals surface area contributed by atoms with Crippen molar-refractivity contribution in [2.75, 3.05) is 5.73 Å². The summed E-state index contributed by atoms with van der Waals surface area (Å²) in [6.45, 7) is 10.6. The molecule has 21 heavy (non-hydrogen) atoms. The van der Waals surface area contributed by atoms with Crippen molar-refractivity contribution in [1.82, 2.24) is 9.55 Å². The third kappa shape index (κ3) is 3.11. The van der Waals surface area contributed by atoms with Crippen LogP contribution in [0.1, 0.15) is 46.4 Å². The molecule has 2 aromatic rings. The lowest BCUT2D eigenvalue weighted by atomic mass is 10.1. The first-order valence-corrected chi connectivity index (χ1v) is 8.14. The number of anilines is 1. The molecular weight excluding hydrogens is 350 g/mol. The van der Waals surface area contributed by atoms with E-state index >= 15 is 0 Å². The van der Waals surface area contributed by atoms with Crippen molar-refractivity contribution in [2.24, 2.45) is 0 Å². The average molecular weight is 371 g/mol. The van der Waals surface area contributed by atoms with E-state index in [1.807, 2.05) is 18.2 Å². The summed E-state index contributed by atoms with van der Waals surface area (Å²) >= 11 is 9.78. The Morgan fingerprint density at radius 3 is 2.33 bits per heavy atom. The largest absolute Gasteiger partial charge is 0.383 e. The maximum atomic E-state index is 6.40. The van der Waals surface area contributed by atoms with Crippen LogP contribution in [-0.2, 0) is 5.54 Å². The summed E-state index contributed by atoms with van der Waals surface area (Å²) in [5.41, 5.74) is 7.89. The lowest BCUT2D eigenvalue weighted by Gasteiger charge is -2.26. The highest BCUT2D eigenvalue weighted by Crippen LogP contribution is 2.37. The highest BCUT2D eigenvalue weighted by Gasteiger charge is 2.26. The van der Waals surface area contributed by atoms with Gasteiger partial charge in [0.05, 0.1) is 5.02 Å². The summed E-state index contributed by atoms with van der Waals surface area (Å²) in [5, 5.41) is 0.643. The van der Waals surface area contributed by atoms with E-state index in [1.165, 1.54) is 0 Å². The summed E-state index contributed by atoms with van der Waals surface area (Å²) < 4.78 is 3.04. The number of aromatic nitrogens is 2. The Kier molecular flexibility index (Phi) is 4.41. The summed E-state index contributed by atoms with van der Waals surface area (Å²) in [6.07, 6.45) is 0. The molecule has 0 bridgehead atoms. The van der Waals surface area contributed by atoms with Gasteiger partial charge in [-0.2, -0.15) is 0 Å². The normalized spacial score (nSPS) is 12.2. The van der Waals surface area contributed by atoms with Gasteiger partial charge in [-0.25, -0.2) is 4.98 Å². The smallest absolute Gasteiger partial charge is 0.132 e. The number of imidazole rings is 1. The van der Waals surface area contributed by atoms with Crippen molar-refractivity contribution in [2.45, 2.75) is 46.1 Å². The van der Waals surface area contributed by atoms with E-state index < -0.39 is 0 Å². The molecule has 1 aromatic heterocycles. The third-order valence-corrected chi connectivity index (χ3v) is 4.12. The van der Waals surface area contributed by atoms with Crippen molar-refractivity contribution in [1.29, 1.82) is 0 Å². The molecule has 0 saturated carbocycles. The fourth-order valence-electron chi connectivity index (χ4n) is 2.42. The molecule has 0 fully saturated rings. The Morgan fingerprint density at radius 1 is 1.29 bits per heavy atom. The molecular formula is C16H21BrClN3. The van der Waals surface area contributed by atoms with E-state index in [9.17, 15) is 0 Å². The highest BCUT2D eigenvalue weighted by molar-refractivity contribution is 9.10. The van der Waals surface area contributed by atoms with Crippen molar-refractivity contribution < 1.29 is 0 Å². The van der Waals surface area contributed by atoms with Crippen LogP contribution in [0.2, 0.25) is 5.02 Å². The van der Waals surface area contributed by atoms with Gasteiger partial charge in [0.1, 0.15) is 17.3 Å². The number of rotatable bonds is 2. The molecule has 0 saturated heterocycles. The monoisotopic (exact) mass is 369 g/mol. The first kappa shape index (κ1) is 16.4. The maximum absolute atomic E-state index is 6.40. The zero-order chi connectivity index (χ0) is 15.9. The number of hydrogen-bond donors (Lipinski definition) is 1. The van der Waals surface area contributed by atoms with Gasteiger partial charge >= 0.3 is 0 Å². The van der Waals surface area contributed by atoms with Crippen LogP contribution in [0, 0.1) is 0 Å². The molecule has 2 rings (SSSR count). The number of benzene rings is 1. The molecule has 2 N–H and O–H groups in total. The van der Waals surface area contributed by atoms with Crippen molar-refractivity contribution >= 4 is 33.3 Å². The first-order valence-electron chi connectivity index (χ1n) is 6.97. The molecule has 0 amide bonds. The van der Waals surface area contributed by atoms with E-state index in [2.05, 4.69) is 55.1 Å². The Balaban J connectivity index is 2.71. The molecule has 0 radical (unpaired) electrons. The number of hydrogen-bond acceptors (Lipinski definition) is 2. The topological polar surface area (TPSA) is 43.8 Å². The van der Waals surface area contributed by atoms with Gasteiger partial charge in [-0.1, -0.05) is 47.4 Å². The number of halogens is 2. The minimum atomic E-state index is -0.128. The minimum Gasteiger partial charge on any atom is -0.383 e. The van der Waals surface area contributed by atoms with E-state index in [-0.39, 0.29) is 11.5 Å². The molecule has 0 spiro atoms. The second-order valence-corrected chi connectivity index (χ2v) is 7.81. The van der Waals surface area contributed by atoms with Gasteiger partial charge in [-0.05, 0) is 32.9 Å². The molecule has 0 atom stereocenters. The lowest BCUT2D eigenvalue weighted by molar-refractivity contribution is 0.382. The summed E-state index contributed by atoms with van der Waals surface area (Å²) in [5.74, 6) is 1.93. The van der Waals surface area contributed by atoms with Crippen LogP contribution in [0.4, 0.5) is 5.82 Å². The van der Waals surface area contributed by atoms with Gasteiger partial charge < -0.3 is 10.3 Å². The van der Waals surface area contributed by atoms with Crippen molar-refractivity contribution in [3.63, 3.8) is 0 Å². The number of nitrogens with zero attached hydrogens (tertiary/aromatic N) is 2. The number of nitrogens with two attached hydrogens (primary N) is 1. The fraction of sp³-hybridized carbons (Fsp3) is 0.438. The third-order valence-electron chi connectivity index (χ3n) is 3.31. The zero-order valence-corrected chi connectivity index (χ0v) is 15.4. The minimum absolute atomic E-state index is 0.128. The van der Waals surface area contributed by atoms with Crippen molar-refractivity contribution in [3.05, 3.63) is 33.5 Å². The SMILES string of the molecule is CC(C)c1nc(-c2ccc(Br)cc2Cl)c(N)n1C(C)(C)C. The summed E-state index contributed by atoms with van der Waals surface area (Å²) in [6, 6.07) is 5.76. The zero-order valence-electron chi connectivity index (χ0n) is 13.0. The fourth-order valence-corrected chi connectivity index (χ4v) is 3.19. The van der Waals surface area contributed by atoms with Gasteiger partial charge in [-0.15, -0.1) is 0 Å².